The van der Waals surface area contributed by atoms with Crippen molar-refractivity contribution in [2.24, 2.45) is 5.41 Å². The van der Waals surface area contributed by atoms with E-state index in [1.165, 1.54) is 6.42 Å². The topological polar surface area (TPSA) is 99.2 Å². The van der Waals surface area contributed by atoms with Crippen LogP contribution >= 0.6 is 11.6 Å². The molecule has 0 saturated carbocycles. The lowest BCUT2D eigenvalue weighted by molar-refractivity contribution is 0.0950. The van der Waals surface area contributed by atoms with Gasteiger partial charge in [-0.3, -0.25) is 4.79 Å². The highest BCUT2D eigenvalue weighted by molar-refractivity contribution is 6.31. The number of aryl methyl sites for hydroxylation is 1. The molecule has 2 saturated heterocycles. The maximum absolute atomic E-state index is 13.1. The van der Waals surface area contributed by atoms with Gasteiger partial charge in [0.15, 0.2) is 0 Å². The van der Waals surface area contributed by atoms with Gasteiger partial charge < -0.3 is 20.4 Å². The van der Waals surface area contributed by atoms with Crippen molar-refractivity contribution in [3.63, 3.8) is 0 Å². The number of nitrogens with one attached hydrogen (secondary N) is 2. The number of carbonyl (C=O) groups excluding carboxylic acids is 1. The molecule has 1 amide bonds. The predicted octanol–water partition coefficient (Wildman–Crippen LogP) is 3.69. The summed E-state index contributed by atoms with van der Waals surface area (Å²) in [5.74, 6) is 1.41. The van der Waals surface area contributed by atoms with Gasteiger partial charge in [-0.2, -0.15) is 4.98 Å². The summed E-state index contributed by atoms with van der Waals surface area (Å²) < 4.78 is 0. The molecule has 5 rings (SSSR count). The van der Waals surface area contributed by atoms with Crippen LogP contribution in [0.5, 0.6) is 0 Å². The molecule has 4 heterocycles. The van der Waals surface area contributed by atoms with Gasteiger partial charge in [0, 0.05) is 55.2 Å². The summed E-state index contributed by atoms with van der Waals surface area (Å²) in [7, 11) is 0. The highest BCUT2D eigenvalue weighted by Crippen LogP contribution is 2.40. The number of hydrogen-bond acceptors (Lipinski definition) is 8. The number of benzene rings is 1. The van der Waals surface area contributed by atoms with Crippen LogP contribution in [0.3, 0.4) is 0 Å². The van der Waals surface area contributed by atoms with Gasteiger partial charge in [-0.25, -0.2) is 15.0 Å². The van der Waals surface area contributed by atoms with Crippen molar-refractivity contribution in [2.45, 2.75) is 39.8 Å². The lowest BCUT2D eigenvalue weighted by Crippen LogP contribution is -2.32. The number of halogens is 1. The fourth-order valence-electron chi connectivity index (χ4n) is 5.17. The van der Waals surface area contributed by atoms with Crippen molar-refractivity contribution < 1.29 is 4.79 Å². The number of likely N-dealkylation sites (tertiary alicyclic amines) is 1. The Morgan fingerprint density at radius 1 is 1.11 bits per heavy atom. The van der Waals surface area contributed by atoms with Crippen molar-refractivity contribution >= 4 is 29.3 Å². The Kier molecular flexibility index (Phi) is 7.53. The van der Waals surface area contributed by atoms with Gasteiger partial charge in [-0.15, -0.1) is 0 Å². The van der Waals surface area contributed by atoms with Gasteiger partial charge in [0.1, 0.15) is 17.2 Å². The third-order valence-corrected chi connectivity index (χ3v) is 7.84. The smallest absolute Gasteiger partial charge is 0.256 e. The van der Waals surface area contributed by atoms with Gasteiger partial charge in [0.25, 0.3) is 5.91 Å². The molecule has 2 aliphatic heterocycles. The Balaban J connectivity index is 1.35. The molecule has 194 valence electrons. The van der Waals surface area contributed by atoms with Crippen LogP contribution in [0.2, 0.25) is 5.02 Å². The molecule has 1 unspecified atom stereocenters. The summed E-state index contributed by atoms with van der Waals surface area (Å²) in [6, 6.07) is 7.68. The van der Waals surface area contributed by atoms with E-state index >= 15 is 0 Å². The molecule has 2 N–H and O–H groups in total. The molecule has 0 bridgehead atoms. The first kappa shape index (κ1) is 25.4. The number of amides is 1. The average molecular weight is 521 g/mol. The van der Waals surface area contributed by atoms with Gasteiger partial charge in [-0.1, -0.05) is 30.7 Å². The lowest BCUT2D eigenvalue weighted by Gasteiger charge is -2.24. The molecule has 1 aromatic carbocycles. The van der Waals surface area contributed by atoms with E-state index in [9.17, 15) is 4.79 Å². The van der Waals surface area contributed by atoms with Crippen LogP contribution in [0, 0.1) is 12.3 Å². The summed E-state index contributed by atoms with van der Waals surface area (Å²) in [5, 5.41) is 6.96. The van der Waals surface area contributed by atoms with E-state index in [1.54, 1.807) is 24.7 Å². The molecule has 0 radical (unpaired) electrons. The number of nitrogens with zero attached hydrogens (tertiary/aromatic N) is 6. The molecule has 9 nitrogen and oxygen atoms in total. The van der Waals surface area contributed by atoms with Crippen LogP contribution in [0.15, 0.2) is 42.9 Å². The highest BCUT2D eigenvalue weighted by Gasteiger charge is 2.43. The monoisotopic (exact) mass is 520 g/mol. The maximum Gasteiger partial charge on any atom is 0.256 e. The van der Waals surface area contributed by atoms with E-state index in [0.717, 1.165) is 50.3 Å². The number of aromatic nitrogens is 4. The van der Waals surface area contributed by atoms with Crippen molar-refractivity contribution in [1.29, 1.82) is 0 Å². The molecule has 1 spiro atoms. The Morgan fingerprint density at radius 3 is 2.68 bits per heavy atom. The fraction of sp³-hybridized carbons (Fsp3) is 0.444. The molecule has 10 heteroatoms. The quantitative estimate of drug-likeness (QED) is 0.464. The Morgan fingerprint density at radius 2 is 1.92 bits per heavy atom. The summed E-state index contributed by atoms with van der Waals surface area (Å²) in [4.78, 5) is 35.7. The minimum Gasteiger partial charge on any atom is -0.365 e. The minimum absolute atomic E-state index is 0.219. The molecule has 37 heavy (non-hydrogen) atoms. The van der Waals surface area contributed by atoms with Crippen molar-refractivity contribution in [1.82, 2.24) is 30.2 Å². The fourth-order valence-corrected chi connectivity index (χ4v) is 5.37. The predicted molar refractivity (Wildman–Crippen MR) is 145 cm³/mol. The van der Waals surface area contributed by atoms with Gasteiger partial charge >= 0.3 is 0 Å². The molecule has 3 aromatic rings. The molecular formula is C27H33ClN8O. The first-order valence-electron chi connectivity index (χ1n) is 12.8. The summed E-state index contributed by atoms with van der Waals surface area (Å²) >= 11 is 6.33. The van der Waals surface area contributed by atoms with Crippen LogP contribution in [0.1, 0.15) is 47.1 Å². The standard InChI is InChI=1S/C27H33ClN8O/c1-3-35-11-7-27(17-35)8-12-36(18-27)26-33-15-21(25(37)32-16-23-29-9-4-10-30-23)24(34-26)31-14-20-6-5-19(2)22(28)13-20/h4-6,9-10,13,15H,3,7-8,11-12,14,16-18H2,1-2H3,(H,32,37)(H,31,33,34). The van der Waals surface area contributed by atoms with E-state index < -0.39 is 0 Å². The second-order valence-electron chi connectivity index (χ2n) is 10.0. The SMILES string of the molecule is CCN1CCC2(CCN(c3ncc(C(=O)NCc4ncccn4)c(NCc4ccc(C)c(Cl)c4)n3)C2)C1. The van der Waals surface area contributed by atoms with E-state index in [2.05, 4.69) is 42.3 Å². The molecular weight excluding hydrogens is 488 g/mol. The zero-order valence-corrected chi connectivity index (χ0v) is 22.1. The van der Waals surface area contributed by atoms with Crippen LogP contribution in [0.4, 0.5) is 11.8 Å². The third-order valence-electron chi connectivity index (χ3n) is 7.43. The molecule has 0 aliphatic carbocycles. The number of rotatable bonds is 8. The Hall–Kier alpha value is -3.30. The Labute approximate surface area is 222 Å². The lowest BCUT2D eigenvalue weighted by atomic mass is 9.86. The first-order chi connectivity index (χ1) is 17.9. The highest BCUT2D eigenvalue weighted by atomic mass is 35.5. The molecule has 2 aliphatic rings. The van der Waals surface area contributed by atoms with E-state index in [-0.39, 0.29) is 12.5 Å². The van der Waals surface area contributed by atoms with Crippen LogP contribution in [-0.2, 0) is 13.1 Å². The van der Waals surface area contributed by atoms with E-state index in [0.29, 0.717) is 40.1 Å². The number of carbonyl (C=O) groups is 1. The Bertz CT molecular complexity index is 1260. The van der Waals surface area contributed by atoms with Crippen molar-refractivity contribution in [3.05, 3.63) is 70.4 Å². The van der Waals surface area contributed by atoms with Crippen LogP contribution in [0.25, 0.3) is 0 Å². The third kappa shape index (κ3) is 5.83. The maximum atomic E-state index is 13.1. The van der Waals surface area contributed by atoms with Crippen LogP contribution in [-0.4, -0.2) is 63.5 Å². The second-order valence-corrected chi connectivity index (χ2v) is 10.4. The van der Waals surface area contributed by atoms with E-state index in [4.69, 9.17) is 16.6 Å². The zero-order valence-electron chi connectivity index (χ0n) is 21.4. The molecule has 1 atom stereocenters. The summed E-state index contributed by atoms with van der Waals surface area (Å²) in [6.07, 6.45) is 7.26. The molecule has 2 aromatic heterocycles. The molecule has 2 fully saturated rings. The van der Waals surface area contributed by atoms with Crippen molar-refractivity contribution in [3.8, 4) is 0 Å². The van der Waals surface area contributed by atoms with Gasteiger partial charge in [0.2, 0.25) is 5.95 Å². The van der Waals surface area contributed by atoms with Gasteiger partial charge in [-0.05, 0) is 56.1 Å². The minimum atomic E-state index is -0.282. The normalized spacial score (nSPS) is 19.5. The van der Waals surface area contributed by atoms with Gasteiger partial charge in [0.05, 0.1) is 6.54 Å². The average Bonchev–Trinajstić information content (AvgIpc) is 3.54. The zero-order chi connectivity index (χ0) is 25.8. The van der Waals surface area contributed by atoms with Crippen LogP contribution < -0.4 is 15.5 Å². The number of hydrogen-bond donors (Lipinski definition) is 2. The summed E-state index contributed by atoms with van der Waals surface area (Å²) in [6.45, 7) is 10.1. The second kappa shape index (κ2) is 11.0. The summed E-state index contributed by atoms with van der Waals surface area (Å²) in [5.41, 5.74) is 2.71. The van der Waals surface area contributed by atoms with Crippen molar-refractivity contribution in [2.75, 3.05) is 42.9 Å². The largest absolute Gasteiger partial charge is 0.365 e. The first-order valence-corrected chi connectivity index (χ1v) is 13.2. The number of anilines is 2. The van der Waals surface area contributed by atoms with E-state index in [1.807, 2.05) is 25.1 Å².